The molecule has 2 rings (SSSR count). The number of hydrogen-bond donors (Lipinski definition) is 1. The van der Waals surface area contributed by atoms with Crippen LogP contribution < -0.4 is 15.2 Å². The highest BCUT2D eigenvalue weighted by atomic mass is 32.2. The molecule has 2 aromatic rings. The number of anilines is 1. The molecule has 0 saturated heterocycles. The predicted octanol–water partition coefficient (Wildman–Crippen LogP) is 1.62. The second-order valence-corrected chi connectivity index (χ2v) is 4.24. The predicted molar refractivity (Wildman–Crippen MR) is 67.9 cm³/mol. The second-order valence-electron chi connectivity index (χ2n) is 3.23. The van der Waals surface area contributed by atoms with Gasteiger partial charge in [-0.1, -0.05) is 12.1 Å². The zero-order valence-corrected chi connectivity index (χ0v) is 10.8. The third-order valence-electron chi connectivity index (χ3n) is 2.06. The van der Waals surface area contributed by atoms with Crippen molar-refractivity contribution in [3.8, 4) is 12.0 Å². The molecule has 0 radical (unpaired) electrons. The molecule has 7 heteroatoms. The summed E-state index contributed by atoms with van der Waals surface area (Å²) in [5.41, 5.74) is 6.52. The summed E-state index contributed by atoms with van der Waals surface area (Å²) >= 11 is 1.33. The molecule has 94 valence electrons. The first-order chi connectivity index (χ1) is 8.72. The minimum atomic E-state index is 0.207. The van der Waals surface area contributed by atoms with Gasteiger partial charge in [0.15, 0.2) is 0 Å². The number of hydrogen-bond acceptors (Lipinski definition) is 7. The van der Waals surface area contributed by atoms with Gasteiger partial charge in [-0.2, -0.15) is 9.97 Å². The summed E-state index contributed by atoms with van der Waals surface area (Å²) in [5, 5.41) is 0.469. The molecule has 0 amide bonds. The number of para-hydroxylation sites is 1. The Balaban J connectivity index is 2.31. The van der Waals surface area contributed by atoms with Crippen LogP contribution in [0.25, 0.3) is 0 Å². The van der Waals surface area contributed by atoms with E-state index < -0.39 is 0 Å². The lowest BCUT2D eigenvalue weighted by atomic mass is 10.3. The molecular weight excluding hydrogens is 252 g/mol. The lowest BCUT2D eigenvalue weighted by Crippen LogP contribution is -2.00. The summed E-state index contributed by atoms with van der Waals surface area (Å²) in [6.07, 6.45) is 0. The van der Waals surface area contributed by atoms with Gasteiger partial charge in [-0.05, 0) is 23.9 Å². The highest BCUT2D eigenvalue weighted by Gasteiger charge is 2.09. The molecule has 1 aromatic heterocycles. The van der Waals surface area contributed by atoms with Gasteiger partial charge in [-0.15, -0.1) is 4.98 Å². The SMILES string of the molecule is COc1nc(OC)nc(Sc2ccccc2N)n1. The lowest BCUT2D eigenvalue weighted by molar-refractivity contribution is 0.332. The Morgan fingerprint density at radius 1 is 1.00 bits per heavy atom. The van der Waals surface area contributed by atoms with Gasteiger partial charge in [0.1, 0.15) is 0 Å². The normalized spacial score (nSPS) is 10.1. The number of nitrogens with two attached hydrogens (primary N) is 1. The van der Waals surface area contributed by atoms with Crippen LogP contribution in [0.2, 0.25) is 0 Å². The molecule has 0 bridgehead atoms. The first kappa shape index (κ1) is 12.4. The zero-order chi connectivity index (χ0) is 13.0. The Morgan fingerprint density at radius 2 is 1.61 bits per heavy atom. The van der Waals surface area contributed by atoms with Crippen molar-refractivity contribution in [3.63, 3.8) is 0 Å². The summed E-state index contributed by atoms with van der Waals surface area (Å²) < 4.78 is 9.96. The van der Waals surface area contributed by atoms with Crippen LogP contribution in [0.4, 0.5) is 5.69 Å². The molecule has 2 N–H and O–H groups in total. The Labute approximate surface area is 109 Å². The highest BCUT2D eigenvalue weighted by molar-refractivity contribution is 7.99. The summed E-state index contributed by atoms with van der Waals surface area (Å²) in [7, 11) is 2.97. The van der Waals surface area contributed by atoms with Gasteiger partial charge >= 0.3 is 12.0 Å². The first-order valence-electron chi connectivity index (χ1n) is 5.09. The Hall–Kier alpha value is -2.02. The van der Waals surface area contributed by atoms with E-state index in [-0.39, 0.29) is 12.0 Å². The first-order valence-corrected chi connectivity index (χ1v) is 5.91. The molecule has 0 aliphatic rings. The molecule has 0 atom stereocenters. The van der Waals surface area contributed by atoms with Crippen LogP contribution in [0.15, 0.2) is 34.3 Å². The maximum absolute atomic E-state index is 5.85. The lowest BCUT2D eigenvalue weighted by Gasteiger charge is -2.06. The van der Waals surface area contributed by atoms with Crippen LogP contribution >= 0.6 is 11.8 Å². The molecule has 0 saturated carbocycles. The van der Waals surface area contributed by atoms with E-state index in [2.05, 4.69) is 15.0 Å². The summed E-state index contributed by atoms with van der Waals surface area (Å²) in [6, 6.07) is 7.89. The summed E-state index contributed by atoms with van der Waals surface area (Å²) in [5.74, 6) is 0. The fraction of sp³-hybridized carbons (Fsp3) is 0.182. The van der Waals surface area contributed by atoms with E-state index in [0.29, 0.717) is 10.8 Å². The third kappa shape index (κ3) is 2.80. The van der Waals surface area contributed by atoms with E-state index in [9.17, 15) is 0 Å². The van der Waals surface area contributed by atoms with Crippen molar-refractivity contribution < 1.29 is 9.47 Å². The standard InChI is InChI=1S/C11H12N4O2S/c1-16-9-13-10(17-2)15-11(14-9)18-8-6-4-3-5-7(8)12/h3-6H,12H2,1-2H3. The van der Waals surface area contributed by atoms with Crippen molar-refractivity contribution in [1.29, 1.82) is 0 Å². The average Bonchev–Trinajstić information content (AvgIpc) is 2.41. The molecule has 1 aromatic carbocycles. The number of aromatic nitrogens is 3. The van der Waals surface area contributed by atoms with Crippen LogP contribution in [0.5, 0.6) is 12.0 Å². The number of ether oxygens (including phenoxy) is 2. The third-order valence-corrected chi connectivity index (χ3v) is 3.02. The van der Waals surface area contributed by atoms with Crippen molar-refractivity contribution in [3.05, 3.63) is 24.3 Å². The van der Waals surface area contributed by atoms with Gasteiger partial charge in [0.2, 0.25) is 5.16 Å². The smallest absolute Gasteiger partial charge is 0.323 e. The van der Waals surface area contributed by atoms with Crippen LogP contribution in [0.3, 0.4) is 0 Å². The topological polar surface area (TPSA) is 83.2 Å². The monoisotopic (exact) mass is 264 g/mol. The molecule has 0 fully saturated rings. The van der Waals surface area contributed by atoms with E-state index in [4.69, 9.17) is 15.2 Å². The maximum atomic E-state index is 5.85. The van der Waals surface area contributed by atoms with E-state index in [1.165, 1.54) is 26.0 Å². The molecule has 0 spiro atoms. The Morgan fingerprint density at radius 3 is 2.17 bits per heavy atom. The molecule has 0 aliphatic heterocycles. The molecule has 0 unspecified atom stereocenters. The van der Waals surface area contributed by atoms with E-state index >= 15 is 0 Å². The number of methoxy groups -OCH3 is 2. The highest BCUT2D eigenvalue weighted by Crippen LogP contribution is 2.30. The Bertz CT molecular complexity index is 528. The van der Waals surface area contributed by atoms with E-state index in [1.807, 2.05) is 24.3 Å². The van der Waals surface area contributed by atoms with Gasteiger partial charge in [0, 0.05) is 10.6 Å². The second kappa shape index (κ2) is 5.54. The summed E-state index contributed by atoms with van der Waals surface area (Å²) in [6.45, 7) is 0. The fourth-order valence-corrected chi connectivity index (χ4v) is 2.00. The van der Waals surface area contributed by atoms with Crippen LogP contribution in [-0.2, 0) is 0 Å². The van der Waals surface area contributed by atoms with Crippen LogP contribution in [0, 0.1) is 0 Å². The van der Waals surface area contributed by atoms with Gasteiger partial charge in [0.05, 0.1) is 14.2 Å². The van der Waals surface area contributed by atoms with Gasteiger partial charge < -0.3 is 15.2 Å². The molecular formula is C11H12N4O2S. The van der Waals surface area contributed by atoms with Gasteiger partial charge in [-0.3, -0.25) is 0 Å². The minimum absolute atomic E-state index is 0.207. The number of rotatable bonds is 4. The molecule has 18 heavy (non-hydrogen) atoms. The van der Waals surface area contributed by atoms with Crippen molar-refractivity contribution >= 4 is 17.4 Å². The quantitative estimate of drug-likeness (QED) is 0.840. The zero-order valence-electron chi connectivity index (χ0n) is 9.95. The van der Waals surface area contributed by atoms with Crippen LogP contribution in [0.1, 0.15) is 0 Å². The van der Waals surface area contributed by atoms with Crippen molar-refractivity contribution in [2.45, 2.75) is 10.1 Å². The van der Waals surface area contributed by atoms with Crippen molar-refractivity contribution in [2.24, 2.45) is 0 Å². The maximum Gasteiger partial charge on any atom is 0.323 e. The fourth-order valence-electron chi connectivity index (χ4n) is 1.22. The molecule has 0 aliphatic carbocycles. The Kier molecular flexibility index (Phi) is 3.83. The average molecular weight is 264 g/mol. The van der Waals surface area contributed by atoms with Gasteiger partial charge in [0.25, 0.3) is 0 Å². The number of nitrogens with zero attached hydrogens (tertiary/aromatic N) is 3. The summed E-state index contributed by atoms with van der Waals surface area (Å²) in [4.78, 5) is 13.0. The minimum Gasteiger partial charge on any atom is -0.467 e. The van der Waals surface area contributed by atoms with E-state index in [1.54, 1.807) is 0 Å². The number of benzene rings is 1. The van der Waals surface area contributed by atoms with Crippen LogP contribution in [-0.4, -0.2) is 29.2 Å². The molecule has 1 heterocycles. The largest absolute Gasteiger partial charge is 0.467 e. The van der Waals surface area contributed by atoms with Gasteiger partial charge in [-0.25, -0.2) is 0 Å². The van der Waals surface area contributed by atoms with E-state index in [0.717, 1.165) is 4.90 Å². The molecule has 6 nitrogen and oxygen atoms in total. The van der Waals surface area contributed by atoms with Crippen molar-refractivity contribution in [2.75, 3.05) is 20.0 Å². The number of nitrogen functional groups attached to an aromatic ring is 1. The van der Waals surface area contributed by atoms with Crippen molar-refractivity contribution in [1.82, 2.24) is 15.0 Å².